The molecule has 0 saturated heterocycles. The summed E-state index contributed by atoms with van der Waals surface area (Å²) in [6.45, 7) is 6.41. The molecule has 3 rings (SSSR count). The van der Waals surface area contributed by atoms with Gasteiger partial charge in [-0.3, -0.25) is 0 Å². The van der Waals surface area contributed by atoms with E-state index in [1.165, 1.54) is 5.69 Å². The van der Waals surface area contributed by atoms with Crippen LogP contribution >= 0.6 is 0 Å². The van der Waals surface area contributed by atoms with Crippen LogP contribution in [0.2, 0.25) is 0 Å². The van der Waals surface area contributed by atoms with Crippen LogP contribution in [0.25, 0.3) is 5.82 Å². The zero-order valence-electron chi connectivity index (χ0n) is 11.6. The van der Waals surface area contributed by atoms with Gasteiger partial charge in [-0.25, -0.2) is 4.68 Å². The van der Waals surface area contributed by atoms with Crippen LogP contribution in [0.15, 0.2) is 18.3 Å². The first kappa shape index (κ1) is 12.3. The third-order valence-corrected chi connectivity index (χ3v) is 3.72. The fourth-order valence-electron chi connectivity index (χ4n) is 2.81. The third kappa shape index (κ3) is 2.14. The molecule has 2 N–H and O–H groups in total. The second kappa shape index (κ2) is 4.13. The summed E-state index contributed by atoms with van der Waals surface area (Å²) in [6, 6.07) is 3.96. The fraction of sp³-hybridized carbons (Fsp3) is 0.500. The molecule has 2 aromatic rings. The standard InChI is InChI=1S/C14H19N5/c1-9-4-5-13(18-17-9)19-12-7-14(2,3)6-11(15)10(12)8-16-19/h4-5,8,11H,6-7,15H2,1-3H3. The van der Waals surface area contributed by atoms with Gasteiger partial charge in [0.25, 0.3) is 0 Å². The summed E-state index contributed by atoms with van der Waals surface area (Å²) in [5.74, 6) is 0.761. The minimum Gasteiger partial charge on any atom is -0.324 e. The van der Waals surface area contributed by atoms with Gasteiger partial charge in [-0.2, -0.15) is 10.2 Å². The second-order valence-electron chi connectivity index (χ2n) is 6.14. The van der Waals surface area contributed by atoms with Crippen LogP contribution in [0, 0.1) is 12.3 Å². The first-order valence-corrected chi connectivity index (χ1v) is 6.59. The summed E-state index contributed by atoms with van der Waals surface area (Å²) in [6.07, 6.45) is 3.83. The average Bonchev–Trinajstić information content (AvgIpc) is 2.72. The van der Waals surface area contributed by atoms with Crippen molar-refractivity contribution in [3.05, 3.63) is 35.3 Å². The Bertz CT molecular complexity index is 597. The van der Waals surface area contributed by atoms with E-state index in [9.17, 15) is 0 Å². The van der Waals surface area contributed by atoms with E-state index >= 15 is 0 Å². The van der Waals surface area contributed by atoms with E-state index in [0.29, 0.717) is 0 Å². The van der Waals surface area contributed by atoms with Gasteiger partial charge in [0.1, 0.15) is 0 Å². The van der Waals surface area contributed by atoms with Gasteiger partial charge in [0.05, 0.1) is 17.6 Å². The number of aryl methyl sites for hydroxylation is 1. The first-order chi connectivity index (χ1) is 8.96. The summed E-state index contributed by atoms with van der Waals surface area (Å²) < 4.78 is 1.88. The minimum absolute atomic E-state index is 0.0610. The highest BCUT2D eigenvalue weighted by Crippen LogP contribution is 2.39. The predicted octanol–water partition coefficient (Wildman–Crippen LogP) is 1.94. The molecule has 5 nitrogen and oxygen atoms in total. The van der Waals surface area contributed by atoms with Crippen molar-refractivity contribution in [1.82, 2.24) is 20.0 Å². The van der Waals surface area contributed by atoms with Gasteiger partial charge in [-0.1, -0.05) is 13.8 Å². The maximum absolute atomic E-state index is 6.25. The Morgan fingerprint density at radius 2 is 2.11 bits per heavy atom. The summed E-state index contributed by atoms with van der Waals surface area (Å²) in [5, 5.41) is 12.8. The van der Waals surface area contributed by atoms with E-state index < -0.39 is 0 Å². The van der Waals surface area contributed by atoms with Gasteiger partial charge in [0.2, 0.25) is 0 Å². The SMILES string of the molecule is Cc1ccc(-n2ncc3c2CC(C)(C)CC3N)nn1. The lowest BCUT2D eigenvalue weighted by Gasteiger charge is -2.33. The van der Waals surface area contributed by atoms with E-state index in [-0.39, 0.29) is 11.5 Å². The molecule has 2 aromatic heterocycles. The molecule has 0 aliphatic heterocycles. The lowest BCUT2D eigenvalue weighted by Crippen LogP contribution is -2.30. The number of fused-ring (bicyclic) bond motifs is 1. The maximum atomic E-state index is 6.25. The van der Waals surface area contributed by atoms with Crippen molar-refractivity contribution in [3.63, 3.8) is 0 Å². The highest BCUT2D eigenvalue weighted by Gasteiger charge is 2.33. The van der Waals surface area contributed by atoms with Crippen LogP contribution in [-0.4, -0.2) is 20.0 Å². The molecule has 19 heavy (non-hydrogen) atoms. The molecule has 0 radical (unpaired) electrons. The predicted molar refractivity (Wildman–Crippen MR) is 72.9 cm³/mol. The lowest BCUT2D eigenvalue weighted by molar-refractivity contribution is 0.277. The molecule has 0 bridgehead atoms. The molecule has 0 fully saturated rings. The second-order valence-corrected chi connectivity index (χ2v) is 6.14. The number of rotatable bonds is 1. The molecule has 0 spiro atoms. The number of nitrogens with zero attached hydrogens (tertiary/aromatic N) is 4. The summed E-state index contributed by atoms with van der Waals surface area (Å²) in [7, 11) is 0. The van der Waals surface area contributed by atoms with Crippen molar-refractivity contribution < 1.29 is 0 Å². The number of aromatic nitrogens is 4. The molecule has 100 valence electrons. The molecular weight excluding hydrogens is 238 g/mol. The minimum atomic E-state index is 0.0610. The Morgan fingerprint density at radius 1 is 1.32 bits per heavy atom. The third-order valence-electron chi connectivity index (χ3n) is 3.72. The Kier molecular flexibility index (Phi) is 2.67. The Balaban J connectivity index is 2.08. The van der Waals surface area contributed by atoms with E-state index in [4.69, 9.17) is 5.73 Å². The van der Waals surface area contributed by atoms with E-state index in [1.54, 1.807) is 0 Å². The summed E-state index contributed by atoms with van der Waals surface area (Å²) in [4.78, 5) is 0. The zero-order chi connectivity index (χ0) is 13.6. The molecule has 5 heteroatoms. The molecule has 2 heterocycles. The van der Waals surface area contributed by atoms with Gasteiger partial charge in [-0.05, 0) is 37.3 Å². The molecule has 1 aliphatic rings. The van der Waals surface area contributed by atoms with Gasteiger partial charge in [-0.15, -0.1) is 5.10 Å². The van der Waals surface area contributed by atoms with Crippen LogP contribution in [-0.2, 0) is 6.42 Å². The van der Waals surface area contributed by atoms with Gasteiger partial charge < -0.3 is 5.73 Å². The molecule has 1 atom stereocenters. The van der Waals surface area contributed by atoms with E-state index in [1.807, 2.05) is 29.9 Å². The highest BCUT2D eigenvalue weighted by molar-refractivity contribution is 5.33. The molecular formula is C14H19N5. The Labute approximate surface area is 112 Å². The number of nitrogens with two attached hydrogens (primary N) is 1. The topological polar surface area (TPSA) is 69.6 Å². The highest BCUT2D eigenvalue weighted by atomic mass is 15.3. The Hall–Kier alpha value is -1.75. The van der Waals surface area contributed by atoms with Gasteiger partial charge in [0, 0.05) is 11.6 Å². The van der Waals surface area contributed by atoms with Crippen molar-refractivity contribution >= 4 is 0 Å². The van der Waals surface area contributed by atoms with Crippen LogP contribution in [0.5, 0.6) is 0 Å². The summed E-state index contributed by atoms with van der Waals surface area (Å²) >= 11 is 0. The summed E-state index contributed by atoms with van der Waals surface area (Å²) in [5.41, 5.74) is 9.66. The molecule has 0 saturated carbocycles. The van der Waals surface area contributed by atoms with Crippen molar-refractivity contribution in [2.24, 2.45) is 11.1 Å². The smallest absolute Gasteiger partial charge is 0.175 e. The van der Waals surface area contributed by atoms with E-state index in [2.05, 4.69) is 29.1 Å². The van der Waals surface area contributed by atoms with Crippen molar-refractivity contribution in [3.8, 4) is 5.82 Å². The van der Waals surface area contributed by atoms with E-state index in [0.717, 1.165) is 29.9 Å². The first-order valence-electron chi connectivity index (χ1n) is 6.59. The fourth-order valence-corrected chi connectivity index (χ4v) is 2.81. The molecule has 1 unspecified atom stereocenters. The van der Waals surface area contributed by atoms with Gasteiger partial charge in [0.15, 0.2) is 5.82 Å². The van der Waals surface area contributed by atoms with Crippen molar-refractivity contribution in [1.29, 1.82) is 0 Å². The number of hydrogen-bond donors (Lipinski definition) is 1. The Morgan fingerprint density at radius 3 is 2.79 bits per heavy atom. The number of hydrogen-bond acceptors (Lipinski definition) is 4. The molecule has 0 amide bonds. The van der Waals surface area contributed by atoms with Crippen molar-refractivity contribution in [2.45, 2.75) is 39.7 Å². The normalized spacial score (nSPS) is 21.2. The van der Waals surface area contributed by atoms with Crippen LogP contribution in [0.1, 0.15) is 43.3 Å². The monoisotopic (exact) mass is 257 g/mol. The quantitative estimate of drug-likeness (QED) is 0.847. The van der Waals surface area contributed by atoms with Gasteiger partial charge >= 0.3 is 0 Å². The molecule has 1 aliphatic carbocycles. The van der Waals surface area contributed by atoms with Crippen LogP contribution in [0.4, 0.5) is 0 Å². The molecule has 0 aromatic carbocycles. The average molecular weight is 257 g/mol. The lowest BCUT2D eigenvalue weighted by atomic mass is 9.75. The largest absolute Gasteiger partial charge is 0.324 e. The maximum Gasteiger partial charge on any atom is 0.175 e. The zero-order valence-corrected chi connectivity index (χ0v) is 11.6. The van der Waals surface area contributed by atoms with Crippen LogP contribution < -0.4 is 5.73 Å². The van der Waals surface area contributed by atoms with Crippen LogP contribution in [0.3, 0.4) is 0 Å². The van der Waals surface area contributed by atoms with Crippen molar-refractivity contribution in [2.75, 3.05) is 0 Å².